The monoisotopic (exact) mass is 495 g/mol. The Bertz CT molecular complexity index is 853. The highest BCUT2D eigenvalue weighted by atomic mass is 35.5. The van der Waals surface area contributed by atoms with Crippen molar-refractivity contribution in [1.82, 2.24) is 15.6 Å². The molecular weight excluding hydrogens is 454 g/mol. The van der Waals surface area contributed by atoms with Crippen LogP contribution in [0.4, 0.5) is 0 Å². The average Bonchev–Trinajstić information content (AvgIpc) is 2.74. The second kappa shape index (κ2) is 11.1. The Hall–Kier alpha value is -1.41. The minimum Gasteiger partial charge on any atom is -0.484 e. The molecule has 1 saturated carbocycles. The fraction of sp³-hybridized carbons (Fsp3) is 0.769. The lowest BCUT2D eigenvalue weighted by Crippen LogP contribution is -2.52. The first-order valence-corrected chi connectivity index (χ1v) is 13.0. The van der Waals surface area contributed by atoms with Crippen LogP contribution in [0.15, 0.2) is 6.07 Å². The Morgan fingerprint density at radius 3 is 2.68 bits per heavy atom. The summed E-state index contributed by atoms with van der Waals surface area (Å²) in [7, 11) is 1.50. The maximum Gasteiger partial charge on any atom is 0.249 e. The van der Waals surface area contributed by atoms with Crippen molar-refractivity contribution in [2.24, 2.45) is 5.41 Å². The van der Waals surface area contributed by atoms with Crippen LogP contribution >= 0.6 is 11.6 Å². The van der Waals surface area contributed by atoms with Gasteiger partial charge >= 0.3 is 0 Å². The molecule has 1 amide bonds. The molecule has 192 valence electrons. The highest BCUT2D eigenvalue weighted by molar-refractivity contribution is 6.31. The number of carbonyl (C=O) groups excluding carboxylic acids is 1. The molecule has 1 aromatic rings. The van der Waals surface area contributed by atoms with Crippen LogP contribution in [0.5, 0.6) is 5.75 Å². The zero-order valence-electron chi connectivity index (χ0n) is 21.5. The molecule has 0 bridgehead atoms. The number of rotatable bonds is 10. The van der Waals surface area contributed by atoms with Crippen molar-refractivity contribution >= 4 is 17.5 Å². The van der Waals surface area contributed by atoms with Gasteiger partial charge < -0.3 is 25.2 Å². The molecule has 1 aliphatic carbocycles. The summed E-state index contributed by atoms with van der Waals surface area (Å²) in [6.07, 6.45) is 5.01. The molecule has 7 nitrogen and oxygen atoms in total. The molecule has 4 atom stereocenters. The fourth-order valence-corrected chi connectivity index (χ4v) is 5.11. The smallest absolute Gasteiger partial charge is 0.249 e. The average molecular weight is 496 g/mol. The molecule has 3 rings (SSSR count). The van der Waals surface area contributed by atoms with E-state index in [4.69, 9.17) is 21.1 Å². The fourth-order valence-electron chi connectivity index (χ4n) is 4.85. The lowest BCUT2D eigenvalue weighted by Gasteiger charge is -2.48. The van der Waals surface area contributed by atoms with Gasteiger partial charge in [-0.3, -0.25) is 4.79 Å². The molecule has 3 N–H and O–H groups in total. The van der Waals surface area contributed by atoms with E-state index in [0.29, 0.717) is 23.9 Å². The molecule has 2 aliphatic rings. The summed E-state index contributed by atoms with van der Waals surface area (Å²) >= 11 is 6.63. The van der Waals surface area contributed by atoms with Crippen molar-refractivity contribution in [2.45, 2.75) is 109 Å². The van der Waals surface area contributed by atoms with Gasteiger partial charge in [0, 0.05) is 37.4 Å². The van der Waals surface area contributed by atoms with E-state index in [2.05, 4.69) is 42.5 Å². The third-order valence-electron chi connectivity index (χ3n) is 6.95. The van der Waals surface area contributed by atoms with E-state index in [-0.39, 0.29) is 29.0 Å². The molecular formula is C26H42ClN3O4. The number of aliphatic hydroxyl groups is 1. The van der Waals surface area contributed by atoms with Crippen molar-refractivity contribution in [3.8, 4) is 5.75 Å². The lowest BCUT2D eigenvalue weighted by molar-refractivity contribution is -0.131. The predicted molar refractivity (Wildman–Crippen MR) is 134 cm³/mol. The van der Waals surface area contributed by atoms with Crippen molar-refractivity contribution < 1.29 is 19.4 Å². The van der Waals surface area contributed by atoms with Gasteiger partial charge in [-0.2, -0.15) is 0 Å². The standard InChI is InChI=1S/C26H42ClN3O4/c1-7-9-19(30-24(32)16(2)33-6)21(31)15-28-20-14-26(10-8-11-26)34-22-18(20)12-17(29-23(22)27)13-25(3,4)5/h12,16,19-21,28,31H,7-11,13-15H2,1-6H3,(H,30,32)/t16-,19+,20+,21-/m1/s1. The number of halogens is 1. The second-order valence-electron chi connectivity index (χ2n) is 11.2. The summed E-state index contributed by atoms with van der Waals surface area (Å²) in [4.78, 5) is 17.0. The molecule has 8 heteroatoms. The van der Waals surface area contributed by atoms with Crippen LogP contribution in [0.25, 0.3) is 0 Å². The van der Waals surface area contributed by atoms with Gasteiger partial charge in [-0.05, 0) is 50.5 Å². The van der Waals surface area contributed by atoms with Crippen LogP contribution in [-0.4, -0.2) is 53.5 Å². The summed E-state index contributed by atoms with van der Waals surface area (Å²) in [5.41, 5.74) is 1.82. The number of pyridine rings is 1. The molecule has 0 aromatic carbocycles. The van der Waals surface area contributed by atoms with Crippen LogP contribution in [0.3, 0.4) is 0 Å². The van der Waals surface area contributed by atoms with E-state index >= 15 is 0 Å². The lowest BCUT2D eigenvalue weighted by atomic mass is 9.73. The molecule has 1 spiro atoms. The summed E-state index contributed by atoms with van der Waals surface area (Å²) in [6.45, 7) is 10.6. The van der Waals surface area contributed by atoms with Gasteiger partial charge in [-0.1, -0.05) is 45.7 Å². The van der Waals surface area contributed by atoms with E-state index < -0.39 is 12.2 Å². The zero-order chi connectivity index (χ0) is 25.1. The van der Waals surface area contributed by atoms with Gasteiger partial charge in [0.05, 0.1) is 12.1 Å². The summed E-state index contributed by atoms with van der Waals surface area (Å²) in [5.74, 6) is 0.458. The quantitative estimate of drug-likeness (QED) is 0.418. The van der Waals surface area contributed by atoms with E-state index in [0.717, 1.165) is 49.8 Å². The zero-order valence-corrected chi connectivity index (χ0v) is 22.3. The van der Waals surface area contributed by atoms with E-state index in [9.17, 15) is 9.90 Å². The number of hydrogen-bond donors (Lipinski definition) is 3. The summed E-state index contributed by atoms with van der Waals surface area (Å²) < 4.78 is 11.5. The molecule has 0 saturated heterocycles. The molecule has 0 unspecified atom stereocenters. The SMILES string of the molecule is CCC[C@H](NC(=O)[C@@H](C)OC)[C@H](O)CN[C@H]1CC2(CCC2)Oc2c1cc(CC(C)(C)C)nc2Cl. The second-order valence-corrected chi connectivity index (χ2v) is 11.6. The number of methoxy groups -OCH3 is 1. The van der Waals surface area contributed by atoms with Crippen molar-refractivity contribution in [2.75, 3.05) is 13.7 Å². The minimum atomic E-state index is -0.733. The number of fused-ring (bicyclic) bond motifs is 1. The van der Waals surface area contributed by atoms with Crippen LogP contribution in [0, 0.1) is 5.41 Å². The normalized spacial score (nSPS) is 21.7. The summed E-state index contributed by atoms with van der Waals surface area (Å²) in [6, 6.07) is 1.75. The van der Waals surface area contributed by atoms with Gasteiger partial charge in [-0.25, -0.2) is 4.98 Å². The van der Waals surface area contributed by atoms with Gasteiger partial charge in [0.15, 0.2) is 10.9 Å². The van der Waals surface area contributed by atoms with Gasteiger partial charge in [0.2, 0.25) is 5.91 Å². The van der Waals surface area contributed by atoms with Crippen LogP contribution < -0.4 is 15.4 Å². The van der Waals surface area contributed by atoms with Crippen molar-refractivity contribution in [3.63, 3.8) is 0 Å². The van der Waals surface area contributed by atoms with Crippen LogP contribution in [-0.2, 0) is 16.0 Å². The molecule has 2 heterocycles. The van der Waals surface area contributed by atoms with Crippen molar-refractivity contribution in [1.29, 1.82) is 0 Å². The number of amides is 1. The maximum atomic E-state index is 12.3. The van der Waals surface area contributed by atoms with E-state index in [1.807, 2.05) is 6.92 Å². The number of nitrogens with zero attached hydrogens (tertiary/aromatic N) is 1. The predicted octanol–water partition coefficient (Wildman–Crippen LogP) is 4.34. The van der Waals surface area contributed by atoms with Crippen LogP contribution in [0.1, 0.15) is 90.4 Å². The first-order chi connectivity index (χ1) is 16.0. The highest BCUT2D eigenvalue weighted by Crippen LogP contribution is 2.50. The number of aliphatic hydroxyl groups excluding tert-OH is 1. The first-order valence-electron chi connectivity index (χ1n) is 12.6. The van der Waals surface area contributed by atoms with Crippen LogP contribution in [0.2, 0.25) is 5.15 Å². The Morgan fingerprint density at radius 2 is 2.12 bits per heavy atom. The largest absolute Gasteiger partial charge is 0.484 e. The highest BCUT2D eigenvalue weighted by Gasteiger charge is 2.46. The Kier molecular flexibility index (Phi) is 8.88. The maximum absolute atomic E-state index is 12.3. The van der Waals surface area contributed by atoms with Gasteiger partial charge in [0.1, 0.15) is 11.7 Å². The Labute approximate surface area is 209 Å². The van der Waals surface area contributed by atoms with Gasteiger partial charge in [0.25, 0.3) is 0 Å². The topological polar surface area (TPSA) is 92.7 Å². The molecule has 1 aromatic heterocycles. The number of hydrogen-bond acceptors (Lipinski definition) is 6. The molecule has 0 radical (unpaired) electrons. The number of nitrogens with one attached hydrogen (secondary N) is 2. The number of ether oxygens (including phenoxy) is 2. The Morgan fingerprint density at radius 1 is 1.41 bits per heavy atom. The molecule has 1 fully saturated rings. The number of carbonyl (C=O) groups is 1. The number of aromatic nitrogens is 1. The molecule has 1 aliphatic heterocycles. The third kappa shape index (κ3) is 6.62. The molecule has 34 heavy (non-hydrogen) atoms. The van der Waals surface area contributed by atoms with E-state index in [1.54, 1.807) is 6.92 Å². The van der Waals surface area contributed by atoms with Gasteiger partial charge in [-0.15, -0.1) is 0 Å². The minimum absolute atomic E-state index is 0.00575. The van der Waals surface area contributed by atoms with E-state index in [1.165, 1.54) is 7.11 Å². The Balaban J connectivity index is 1.78. The summed E-state index contributed by atoms with van der Waals surface area (Å²) in [5, 5.41) is 17.9. The first kappa shape index (κ1) is 27.2. The third-order valence-corrected chi connectivity index (χ3v) is 7.20. The van der Waals surface area contributed by atoms with Crippen molar-refractivity contribution in [3.05, 3.63) is 22.5 Å².